The Bertz CT molecular complexity index is 494. The summed E-state index contributed by atoms with van der Waals surface area (Å²) in [6.45, 7) is 2.65. The predicted molar refractivity (Wildman–Crippen MR) is 80.5 cm³/mol. The summed E-state index contributed by atoms with van der Waals surface area (Å²) in [5.41, 5.74) is -0.310. The molecule has 2 N–H and O–H groups in total. The first-order chi connectivity index (χ1) is 9.32. The predicted octanol–water partition coefficient (Wildman–Crippen LogP) is 3.19. The fourth-order valence-corrected chi connectivity index (χ4v) is 2.42. The van der Waals surface area contributed by atoms with Gasteiger partial charge in [-0.15, -0.1) is 24.8 Å². The van der Waals surface area contributed by atoms with Crippen LogP contribution in [0, 0.1) is 12.7 Å². The third kappa shape index (κ3) is 4.38. The molecule has 0 spiro atoms. The Kier molecular flexibility index (Phi) is 7.91. The fourth-order valence-electron chi connectivity index (χ4n) is 2.42. The lowest BCUT2D eigenvalue weighted by atomic mass is 10.0. The lowest BCUT2D eigenvalue weighted by Crippen LogP contribution is -2.49. The SMILES string of the molecule is Cc1ccc([C@@H](N2CCNCC2)C(F)(F)F)c(O)c1F.Cl.Cl. The molecule has 1 fully saturated rings. The maximum atomic E-state index is 13.7. The Morgan fingerprint density at radius 1 is 1.18 bits per heavy atom. The van der Waals surface area contributed by atoms with Crippen LogP contribution in [0.15, 0.2) is 12.1 Å². The molecular weight excluding hydrogens is 347 g/mol. The molecule has 22 heavy (non-hydrogen) atoms. The van der Waals surface area contributed by atoms with E-state index < -0.39 is 29.3 Å². The van der Waals surface area contributed by atoms with Gasteiger partial charge in [-0.25, -0.2) is 4.39 Å². The molecule has 0 aromatic heterocycles. The van der Waals surface area contributed by atoms with Crippen molar-refractivity contribution >= 4 is 24.8 Å². The number of alkyl halides is 3. The zero-order valence-corrected chi connectivity index (χ0v) is 13.4. The molecule has 1 aromatic rings. The number of phenolic OH excluding ortho intramolecular Hbond substituents is 1. The van der Waals surface area contributed by atoms with Crippen LogP contribution in [0.2, 0.25) is 0 Å². The van der Waals surface area contributed by atoms with E-state index in [2.05, 4.69) is 5.32 Å². The van der Waals surface area contributed by atoms with E-state index in [1.807, 2.05) is 0 Å². The molecule has 0 amide bonds. The smallest absolute Gasteiger partial charge is 0.408 e. The molecule has 1 aromatic carbocycles. The maximum absolute atomic E-state index is 13.7. The first-order valence-corrected chi connectivity index (χ1v) is 6.32. The number of hydrogen-bond acceptors (Lipinski definition) is 3. The van der Waals surface area contributed by atoms with Gasteiger partial charge in [0, 0.05) is 31.7 Å². The van der Waals surface area contributed by atoms with E-state index in [4.69, 9.17) is 0 Å². The standard InChI is InChI=1S/C13H16F4N2O.2ClH/c1-8-2-3-9(11(20)10(8)14)12(13(15,16)17)19-6-4-18-5-7-19;;/h2-3,12,18,20H,4-7H2,1H3;2*1H/t12-;;/m1../s1. The first-order valence-electron chi connectivity index (χ1n) is 6.32. The molecule has 1 saturated heterocycles. The number of piperazine rings is 1. The van der Waals surface area contributed by atoms with E-state index in [1.54, 1.807) is 0 Å². The quantitative estimate of drug-likeness (QED) is 0.791. The summed E-state index contributed by atoms with van der Waals surface area (Å²) in [4.78, 5) is 1.21. The minimum atomic E-state index is -4.57. The number of nitrogens with zero attached hydrogens (tertiary/aromatic N) is 1. The summed E-state index contributed by atoms with van der Waals surface area (Å²) in [5.74, 6) is -1.90. The van der Waals surface area contributed by atoms with Gasteiger partial charge in [0.1, 0.15) is 6.04 Å². The molecule has 0 saturated carbocycles. The monoisotopic (exact) mass is 364 g/mol. The van der Waals surface area contributed by atoms with E-state index in [0.717, 1.165) is 6.07 Å². The molecule has 0 bridgehead atoms. The molecule has 9 heteroatoms. The van der Waals surface area contributed by atoms with Crippen LogP contribution in [-0.4, -0.2) is 42.4 Å². The summed E-state index contributed by atoms with van der Waals surface area (Å²) in [6, 6.07) is 0.416. The van der Waals surface area contributed by atoms with E-state index in [-0.39, 0.29) is 43.5 Å². The highest BCUT2D eigenvalue weighted by molar-refractivity contribution is 5.85. The molecular formula is C13H18Cl2F4N2O. The average molecular weight is 365 g/mol. The summed E-state index contributed by atoms with van der Waals surface area (Å²) in [6.07, 6.45) is -4.57. The van der Waals surface area contributed by atoms with E-state index >= 15 is 0 Å². The van der Waals surface area contributed by atoms with Crippen molar-refractivity contribution in [3.8, 4) is 5.75 Å². The third-order valence-corrected chi connectivity index (χ3v) is 3.46. The van der Waals surface area contributed by atoms with Gasteiger partial charge in [0.25, 0.3) is 0 Å². The average Bonchev–Trinajstić information content (AvgIpc) is 2.39. The van der Waals surface area contributed by atoms with Crippen LogP contribution in [0.4, 0.5) is 17.6 Å². The van der Waals surface area contributed by atoms with Crippen molar-refractivity contribution in [3.05, 3.63) is 29.1 Å². The van der Waals surface area contributed by atoms with Crippen molar-refractivity contribution in [1.29, 1.82) is 0 Å². The first kappa shape index (κ1) is 21.2. The summed E-state index contributed by atoms with van der Waals surface area (Å²) >= 11 is 0. The molecule has 2 rings (SSSR count). The summed E-state index contributed by atoms with van der Waals surface area (Å²) < 4.78 is 53.6. The highest BCUT2D eigenvalue weighted by atomic mass is 35.5. The maximum Gasteiger partial charge on any atom is 0.408 e. The van der Waals surface area contributed by atoms with Crippen LogP contribution in [0.25, 0.3) is 0 Å². The van der Waals surface area contributed by atoms with Gasteiger partial charge >= 0.3 is 6.18 Å². The van der Waals surface area contributed by atoms with Crippen LogP contribution < -0.4 is 5.32 Å². The van der Waals surface area contributed by atoms with Crippen molar-refractivity contribution in [3.63, 3.8) is 0 Å². The fraction of sp³-hybridized carbons (Fsp3) is 0.538. The number of hydrogen-bond donors (Lipinski definition) is 2. The number of halogens is 6. The molecule has 0 unspecified atom stereocenters. The Labute approximate surface area is 138 Å². The lowest BCUT2D eigenvalue weighted by Gasteiger charge is -2.36. The highest BCUT2D eigenvalue weighted by Gasteiger charge is 2.46. The minimum absolute atomic E-state index is 0. The van der Waals surface area contributed by atoms with Crippen LogP contribution in [0.5, 0.6) is 5.75 Å². The van der Waals surface area contributed by atoms with Gasteiger partial charge in [-0.05, 0) is 12.5 Å². The lowest BCUT2D eigenvalue weighted by molar-refractivity contribution is -0.188. The van der Waals surface area contributed by atoms with Crippen LogP contribution in [-0.2, 0) is 0 Å². The van der Waals surface area contributed by atoms with Crippen molar-refractivity contribution in [2.75, 3.05) is 26.2 Å². The number of aromatic hydroxyl groups is 1. The van der Waals surface area contributed by atoms with Gasteiger partial charge in [0.2, 0.25) is 0 Å². The Morgan fingerprint density at radius 2 is 1.73 bits per heavy atom. The van der Waals surface area contributed by atoms with Crippen LogP contribution >= 0.6 is 24.8 Å². The van der Waals surface area contributed by atoms with Crippen molar-refractivity contribution < 1.29 is 22.7 Å². The van der Waals surface area contributed by atoms with E-state index in [9.17, 15) is 22.7 Å². The number of phenols is 1. The molecule has 1 aliphatic heterocycles. The highest BCUT2D eigenvalue weighted by Crippen LogP contribution is 2.42. The van der Waals surface area contributed by atoms with Crippen molar-refractivity contribution in [1.82, 2.24) is 10.2 Å². The van der Waals surface area contributed by atoms with Crippen molar-refractivity contribution in [2.45, 2.75) is 19.1 Å². The summed E-state index contributed by atoms with van der Waals surface area (Å²) in [5, 5.41) is 12.7. The van der Waals surface area contributed by atoms with Crippen LogP contribution in [0.3, 0.4) is 0 Å². The second-order valence-corrected chi connectivity index (χ2v) is 4.86. The van der Waals surface area contributed by atoms with Gasteiger partial charge in [0.15, 0.2) is 11.6 Å². The van der Waals surface area contributed by atoms with Gasteiger partial charge < -0.3 is 10.4 Å². The Hall–Kier alpha value is -0.760. The molecule has 128 valence electrons. The third-order valence-electron chi connectivity index (χ3n) is 3.46. The number of benzene rings is 1. The number of rotatable bonds is 2. The minimum Gasteiger partial charge on any atom is -0.505 e. The second kappa shape index (κ2) is 8.19. The zero-order valence-electron chi connectivity index (χ0n) is 11.8. The topological polar surface area (TPSA) is 35.5 Å². The molecule has 0 aliphatic carbocycles. The normalized spacial score (nSPS) is 17.3. The molecule has 0 radical (unpaired) electrons. The molecule has 3 nitrogen and oxygen atoms in total. The van der Waals surface area contributed by atoms with Crippen LogP contribution in [0.1, 0.15) is 17.2 Å². The van der Waals surface area contributed by atoms with Gasteiger partial charge in [-0.3, -0.25) is 4.90 Å². The molecule has 1 atom stereocenters. The zero-order chi connectivity index (χ0) is 14.9. The van der Waals surface area contributed by atoms with E-state index in [0.29, 0.717) is 13.1 Å². The summed E-state index contributed by atoms with van der Waals surface area (Å²) in [7, 11) is 0. The van der Waals surface area contributed by atoms with Gasteiger partial charge in [0.05, 0.1) is 0 Å². The van der Waals surface area contributed by atoms with Crippen molar-refractivity contribution in [2.24, 2.45) is 0 Å². The number of nitrogens with one attached hydrogen (secondary N) is 1. The Balaban J connectivity index is 0.00000220. The molecule has 1 heterocycles. The number of aryl methyl sites for hydroxylation is 1. The van der Waals surface area contributed by atoms with Gasteiger partial charge in [-0.1, -0.05) is 12.1 Å². The second-order valence-electron chi connectivity index (χ2n) is 4.86. The van der Waals surface area contributed by atoms with Gasteiger partial charge in [-0.2, -0.15) is 13.2 Å². The Morgan fingerprint density at radius 3 is 2.23 bits per heavy atom. The largest absolute Gasteiger partial charge is 0.505 e. The van der Waals surface area contributed by atoms with E-state index in [1.165, 1.54) is 17.9 Å². The molecule has 1 aliphatic rings.